The van der Waals surface area contributed by atoms with E-state index in [1.807, 2.05) is 0 Å². The Hall–Kier alpha value is -0.940. The SMILES string of the molecule is NC(N)=NCCN1CCOCC1.O=S(=O)(O)O. The maximum atomic E-state index is 8.74. The Kier molecular flexibility index (Phi) is 7.74. The highest BCUT2D eigenvalue weighted by atomic mass is 32.3. The predicted octanol–water partition coefficient (Wildman–Crippen LogP) is -2.06. The number of ether oxygens (including phenoxy) is 1. The number of guanidine groups is 1. The number of hydrogen-bond acceptors (Lipinski definition) is 5. The minimum absolute atomic E-state index is 0.170. The van der Waals surface area contributed by atoms with Gasteiger partial charge in [0.25, 0.3) is 0 Å². The Bertz CT molecular complexity index is 313. The van der Waals surface area contributed by atoms with Crippen LogP contribution in [0, 0.1) is 0 Å². The second-order valence-corrected chi connectivity index (χ2v) is 4.10. The number of hydrogen-bond donors (Lipinski definition) is 4. The number of nitrogens with zero attached hydrogens (tertiary/aromatic N) is 2. The van der Waals surface area contributed by atoms with E-state index in [1.54, 1.807) is 0 Å². The first-order valence-electron chi connectivity index (χ1n) is 4.84. The second-order valence-electron chi connectivity index (χ2n) is 3.21. The topological polar surface area (TPSA) is 151 Å². The van der Waals surface area contributed by atoms with Crippen molar-refractivity contribution in [3.8, 4) is 0 Å². The van der Waals surface area contributed by atoms with Crippen LogP contribution in [0.5, 0.6) is 0 Å². The van der Waals surface area contributed by atoms with Gasteiger partial charge in [0.1, 0.15) is 0 Å². The van der Waals surface area contributed by atoms with Crippen molar-refractivity contribution in [2.24, 2.45) is 16.5 Å². The summed E-state index contributed by atoms with van der Waals surface area (Å²) in [5, 5.41) is 0. The number of morpholine rings is 1. The Morgan fingerprint density at radius 2 is 1.76 bits per heavy atom. The summed E-state index contributed by atoms with van der Waals surface area (Å²) >= 11 is 0. The molecule has 0 aromatic carbocycles. The summed E-state index contributed by atoms with van der Waals surface area (Å²) in [5.74, 6) is 0.170. The molecule has 1 saturated heterocycles. The van der Waals surface area contributed by atoms with E-state index in [0.29, 0.717) is 6.54 Å². The van der Waals surface area contributed by atoms with Crippen LogP contribution in [-0.2, 0) is 15.1 Å². The van der Waals surface area contributed by atoms with Crippen molar-refractivity contribution in [3.05, 3.63) is 0 Å². The second kappa shape index (κ2) is 8.20. The highest BCUT2D eigenvalue weighted by Crippen LogP contribution is 1.95. The molecule has 9 nitrogen and oxygen atoms in total. The molecule has 0 spiro atoms. The van der Waals surface area contributed by atoms with Crippen molar-refractivity contribution in [3.63, 3.8) is 0 Å². The highest BCUT2D eigenvalue weighted by molar-refractivity contribution is 7.79. The van der Waals surface area contributed by atoms with E-state index in [9.17, 15) is 0 Å². The van der Waals surface area contributed by atoms with Crippen LogP contribution in [0.2, 0.25) is 0 Å². The lowest BCUT2D eigenvalue weighted by Crippen LogP contribution is -2.38. The molecule has 102 valence electrons. The predicted molar refractivity (Wildman–Crippen MR) is 62.1 cm³/mol. The van der Waals surface area contributed by atoms with Crippen molar-refractivity contribution < 1.29 is 22.3 Å². The van der Waals surface area contributed by atoms with Crippen molar-refractivity contribution >= 4 is 16.4 Å². The molecule has 0 radical (unpaired) electrons. The summed E-state index contributed by atoms with van der Waals surface area (Å²) in [4.78, 5) is 6.20. The molecule has 1 heterocycles. The zero-order valence-corrected chi connectivity index (χ0v) is 10.1. The third kappa shape index (κ3) is 15.1. The van der Waals surface area contributed by atoms with Gasteiger partial charge in [-0.2, -0.15) is 8.42 Å². The van der Waals surface area contributed by atoms with E-state index < -0.39 is 10.4 Å². The first-order valence-corrected chi connectivity index (χ1v) is 6.24. The number of aliphatic imine (C=N–C) groups is 1. The maximum Gasteiger partial charge on any atom is 0.394 e. The molecular weight excluding hydrogens is 252 g/mol. The quantitative estimate of drug-likeness (QED) is 0.259. The molecule has 0 unspecified atom stereocenters. The van der Waals surface area contributed by atoms with Crippen molar-refractivity contribution in [2.45, 2.75) is 0 Å². The fourth-order valence-corrected chi connectivity index (χ4v) is 1.15. The van der Waals surface area contributed by atoms with E-state index in [2.05, 4.69) is 9.89 Å². The molecule has 1 aliphatic heterocycles. The van der Waals surface area contributed by atoms with Gasteiger partial charge in [0.15, 0.2) is 5.96 Å². The van der Waals surface area contributed by atoms with Crippen LogP contribution in [0.25, 0.3) is 0 Å². The van der Waals surface area contributed by atoms with E-state index in [4.69, 9.17) is 33.7 Å². The van der Waals surface area contributed by atoms with Crippen molar-refractivity contribution in [1.29, 1.82) is 0 Å². The fraction of sp³-hybridized carbons (Fsp3) is 0.857. The van der Waals surface area contributed by atoms with E-state index in [-0.39, 0.29) is 5.96 Å². The molecule has 0 amide bonds. The van der Waals surface area contributed by atoms with Crippen LogP contribution in [0.4, 0.5) is 0 Å². The van der Waals surface area contributed by atoms with Gasteiger partial charge in [0.05, 0.1) is 19.8 Å². The molecule has 0 bridgehead atoms. The third-order valence-electron chi connectivity index (χ3n) is 1.81. The molecule has 1 rings (SSSR count). The summed E-state index contributed by atoms with van der Waals surface area (Å²) in [6.45, 7) is 5.22. The fourth-order valence-electron chi connectivity index (χ4n) is 1.15. The molecular formula is C7H18N4O5S. The minimum Gasteiger partial charge on any atom is -0.379 e. The van der Waals surface area contributed by atoms with Gasteiger partial charge >= 0.3 is 10.4 Å². The smallest absolute Gasteiger partial charge is 0.379 e. The Labute approximate surface area is 100 Å². The van der Waals surface area contributed by atoms with Crippen LogP contribution >= 0.6 is 0 Å². The van der Waals surface area contributed by atoms with Crippen molar-refractivity contribution in [2.75, 3.05) is 39.4 Å². The van der Waals surface area contributed by atoms with Crippen LogP contribution in [0.1, 0.15) is 0 Å². The summed E-state index contributed by atoms with van der Waals surface area (Å²) < 4.78 is 36.8. The van der Waals surface area contributed by atoms with E-state index in [1.165, 1.54) is 0 Å². The maximum absolute atomic E-state index is 8.74. The molecule has 10 heteroatoms. The lowest BCUT2D eigenvalue weighted by atomic mass is 10.4. The molecule has 0 aromatic heterocycles. The van der Waals surface area contributed by atoms with Gasteiger partial charge in [0, 0.05) is 19.6 Å². The lowest BCUT2D eigenvalue weighted by Gasteiger charge is -2.25. The summed E-state index contributed by atoms with van der Waals surface area (Å²) in [6.07, 6.45) is 0. The highest BCUT2D eigenvalue weighted by Gasteiger charge is 2.08. The largest absolute Gasteiger partial charge is 0.394 e. The first-order chi connectivity index (χ1) is 7.79. The molecule has 0 aromatic rings. The molecule has 0 aliphatic carbocycles. The normalized spacial score (nSPS) is 16.8. The third-order valence-corrected chi connectivity index (χ3v) is 1.81. The van der Waals surface area contributed by atoms with Gasteiger partial charge in [-0.25, -0.2) is 0 Å². The monoisotopic (exact) mass is 270 g/mol. The van der Waals surface area contributed by atoms with Gasteiger partial charge in [0.2, 0.25) is 0 Å². The number of rotatable bonds is 3. The number of nitrogens with two attached hydrogens (primary N) is 2. The van der Waals surface area contributed by atoms with Crippen molar-refractivity contribution in [1.82, 2.24) is 4.90 Å². The van der Waals surface area contributed by atoms with Gasteiger partial charge in [-0.15, -0.1) is 0 Å². The van der Waals surface area contributed by atoms with E-state index >= 15 is 0 Å². The minimum atomic E-state index is -4.67. The summed E-state index contributed by atoms with van der Waals surface area (Å²) in [6, 6.07) is 0. The van der Waals surface area contributed by atoms with Crippen LogP contribution < -0.4 is 11.5 Å². The zero-order chi connectivity index (χ0) is 13.3. The summed E-state index contributed by atoms with van der Waals surface area (Å²) in [5.41, 5.74) is 10.4. The van der Waals surface area contributed by atoms with Crippen LogP contribution in [0.3, 0.4) is 0 Å². The zero-order valence-electron chi connectivity index (χ0n) is 9.32. The molecule has 1 fully saturated rings. The van der Waals surface area contributed by atoms with Gasteiger partial charge in [-0.1, -0.05) is 0 Å². The molecule has 17 heavy (non-hydrogen) atoms. The van der Waals surface area contributed by atoms with Gasteiger partial charge in [-0.05, 0) is 0 Å². The Morgan fingerprint density at radius 3 is 2.18 bits per heavy atom. The lowest BCUT2D eigenvalue weighted by molar-refractivity contribution is 0.0394. The molecule has 6 N–H and O–H groups in total. The average Bonchev–Trinajstić information content (AvgIpc) is 2.16. The molecule has 1 aliphatic rings. The van der Waals surface area contributed by atoms with Crippen LogP contribution in [0.15, 0.2) is 4.99 Å². The molecule has 0 saturated carbocycles. The van der Waals surface area contributed by atoms with E-state index in [0.717, 1.165) is 32.8 Å². The standard InChI is InChI=1S/C7H16N4O.H2O4S/c8-7(9)10-1-2-11-3-5-12-6-4-11;1-5(2,3)4/h1-6H2,(H4,8,9,10);(H2,1,2,3,4). The summed E-state index contributed by atoms with van der Waals surface area (Å²) in [7, 11) is -4.67. The van der Waals surface area contributed by atoms with Gasteiger partial charge in [-0.3, -0.25) is 19.0 Å². The molecule has 0 atom stereocenters. The Balaban J connectivity index is 0.000000437. The first kappa shape index (κ1) is 16.1. The average molecular weight is 270 g/mol. The Morgan fingerprint density at radius 1 is 1.29 bits per heavy atom. The van der Waals surface area contributed by atoms with Crippen LogP contribution in [-0.4, -0.2) is 67.8 Å². The van der Waals surface area contributed by atoms with Gasteiger partial charge < -0.3 is 16.2 Å².